The fourth-order valence-electron chi connectivity index (χ4n) is 6.69. The highest BCUT2D eigenvalue weighted by Crippen LogP contribution is 2.55. The maximum atomic E-state index is 9.76. The van der Waals surface area contributed by atoms with Gasteiger partial charge in [-0.2, -0.15) is 0 Å². The first-order valence-electron chi connectivity index (χ1n) is 12.0. The Morgan fingerprint density at radius 3 is 2.64 bits per heavy atom. The molecule has 0 radical (unpaired) electrons. The molecule has 4 heteroatoms. The second-order valence-electron chi connectivity index (χ2n) is 10.7. The molecular weight excluding hydrogens is 350 g/mol. The van der Waals surface area contributed by atoms with Gasteiger partial charge in [-0.25, -0.2) is 0 Å². The van der Waals surface area contributed by atoms with Crippen molar-refractivity contribution in [3.05, 3.63) is 0 Å². The Labute approximate surface area is 173 Å². The summed E-state index contributed by atoms with van der Waals surface area (Å²) in [6, 6.07) is 0.149. The number of piperidine rings is 1. The number of hydrogen-bond acceptors (Lipinski definition) is 4. The average Bonchev–Trinajstić information content (AvgIpc) is 2.66. The van der Waals surface area contributed by atoms with Crippen LogP contribution in [0.25, 0.3) is 0 Å². The van der Waals surface area contributed by atoms with E-state index in [0.717, 1.165) is 75.7 Å². The average molecular weight is 396 g/mol. The molecule has 0 amide bonds. The van der Waals surface area contributed by atoms with Crippen molar-refractivity contribution in [1.29, 1.82) is 0 Å². The van der Waals surface area contributed by atoms with Crippen molar-refractivity contribution in [3.63, 3.8) is 0 Å². The summed E-state index contributed by atoms with van der Waals surface area (Å²) in [7, 11) is 0. The van der Waals surface area contributed by atoms with Crippen molar-refractivity contribution in [3.8, 4) is 0 Å². The van der Waals surface area contributed by atoms with E-state index < -0.39 is 0 Å². The van der Waals surface area contributed by atoms with Crippen LogP contribution in [0.4, 0.5) is 0 Å². The van der Waals surface area contributed by atoms with Gasteiger partial charge in [0.25, 0.3) is 0 Å². The van der Waals surface area contributed by atoms with Crippen molar-refractivity contribution < 1.29 is 14.9 Å². The minimum atomic E-state index is -0.228. The van der Waals surface area contributed by atoms with Crippen LogP contribution in [0, 0.1) is 29.1 Å². The number of unbranched alkanes of at least 4 members (excludes halogenated alkanes) is 2. The van der Waals surface area contributed by atoms with Gasteiger partial charge in [0, 0.05) is 19.2 Å². The predicted octanol–water partition coefficient (Wildman–Crippen LogP) is 4.09. The van der Waals surface area contributed by atoms with E-state index in [2.05, 4.69) is 25.7 Å². The number of hydrogen-bond donors (Lipinski definition) is 2. The van der Waals surface area contributed by atoms with Crippen LogP contribution in [-0.2, 0) is 4.74 Å². The molecule has 164 valence electrons. The molecule has 1 saturated heterocycles. The molecule has 0 spiro atoms. The van der Waals surface area contributed by atoms with Gasteiger partial charge in [-0.15, -0.1) is 0 Å². The van der Waals surface area contributed by atoms with Gasteiger partial charge in [-0.3, -0.25) is 4.90 Å². The molecule has 7 atom stereocenters. The first-order chi connectivity index (χ1) is 13.4. The molecule has 3 rings (SSSR count). The summed E-state index contributed by atoms with van der Waals surface area (Å²) < 4.78 is 6.24. The van der Waals surface area contributed by atoms with Gasteiger partial charge < -0.3 is 14.9 Å². The van der Waals surface area contributed by atoms with Crippen LogP contribution >= 0.6 is 0 Å². The zero-order valence-corrected chi connectivity index (χ0v) is 18.6. The lowest BCUT2D eigenvalue weighted by Gasteiger charge is -2.52. The summed E-state index contributed by atoms with van der Waals surface area (Å²) >= 11 is 0. The smallest absolute Gasteiger partial charge is 0.0587 e. The Balaban J connectivity index is 1.31. The standard InChI is InChI=1S/C24H45NO3/c1-18-11-21-15-24(13-18,14-19(2)20(21)3)17-28-10-6-4-5-8-25-9-7-23(27)12-22(25)16-26/h18-23,26-27H,4-17H2,1-3H3/t18?,19?,20-,21?,22?,23?,24?/m0/s1. The lowest BCUT2D eigenvalue weighted by molar-refractivity contribution is -0.0730. The maximum Gasteiger partial charge on any atom is 0.0587 e. The minimum absolute atomic E-state index is 0.149. The Morgan fingerprint density at radius 1 is 1.04 bits per heavy atom. The van der Waals surface area contributed by atoms with Crippen molar-refractivity contribution in [2.45, 2.75) is 90.7 Å². The van der Waals surface area contributed by atoms with Gasteiger partial charge in [-0.1, -0.05) is 20.8 Å². The Bertz CT molecular complexity index is 469. The molecular formula is C24H45NO3. The summed E-state index contributed by atoms with van der Waals surface area (Å²) in [6.07, 6.45) is 10.4. The van der Waals surface area contributed by atoms with Gasteiger partial charge in [-0.05, 0) is 93.4 Å². The number of ether oxygens (including phenoxy) is 1. The highest BCUT2D eigenvalue weighted by atomic mass is 16.5. The van der Waals surface area contributed by atoms with Gasteiger partial charge in [0.05, 0.1) is 19.3 Å². The lowest BCUT2D eigenvalue weighted by atomic mass is 9.54. The van der Waals surface area contributed by atoms with E-state index in [1.807, 2.05) is 0 Å². The number of aliphatic hydroxyl groups excluding tert-OH is 2. The number of fused-ring (bicyclic) bond motifs is 2. The number of aliphatic hydroxyl groups is 2. The minimum Gasteiger partial charge on any atom is -0.395 e. The summed E-state index contributed by atoms with van der Waals surface area (Å²) in [5.41, 5.74) is 0.456. The van der Waals surface area contributed by atoms with Crippen LogP contribution in [-0.4, -0.2) is 60.2 Å². The van der Waals surface area contributed by atoms with Crippen LogP contribution in [0.5, 0.6) is 0 Å². The van der Waals surface area contributed by atoms with Crippen molar-refractivity contribution in [2.24, 2.45) is 29.1 Å². The van der Waals surface area contributed by atoms with E-state index in [9.17, 15) is 10.2 Å². The molecule has 4 nitrogen and oxygen atoms in total. The fraction of sp³-hybridized carbons (Fsp3) is 1.00. The van der Waals surface area contributed by atoms with Crippen molar-refractivity contribution in [1.82, 2.24) is 4.90 Å². The first-order valence-corrected chi connectivity index (χ1v) is 12.0. The van der Waals surface area contributed by atoms with E-state index in [1.165, 1.54) is 32.1 Å². The van der Waals surface area contributed by atoms with E-state index >= 15 is 0 Å². The third-order valence-electron chi connectivity index (χ3n) is 8.24. The van der Waals surface area contributed by atoms with E-state index in [1.54, 1.807) is 0 Å². The highest BCUT2D eigenvalue weighted by molar-refractivity contribution is 4.97. The van der Waals surface area contributed by atoms with Gasteiger partial charge in [0.15, 0.2) is 0 Å². The molecule has 2 bridgehead atoms. The normalized spacial score (nSPS) is 41.9. The molecule has 2 N–H and O–H groups in total. The number of rotatable bonds is 9. The molecule has 1 aliphatic heterocycles. The Morgan fingerprint density at radius 2 is 1.86 bits per heavy atom. The van der Waals surface area contributed by atoms with Crippen LogP contribution in [0.2, 0.25) is 0 Å². The highest BCUT2D eigenvalue weighted by Gasteiger charge is 2.47. The molecule has 1 heterocycles. The second-order valence-corrected chi connectivity index (χ2v) is 10.7. The van der Waals surface area contributed by atoms with Crippen LogP contribution < -0.4 is 0 Å². The van der Waals surface area contributed by atoms with Crippen molar-refractivity contribution in [2.75, 3.05) is 32.9 Å². The largest absolute Gasteiger partial charge is 0.395 e. The summed E-state index contributed by atoms with van der Waals surface area (Å²) in [6.45, 7) is 11.4. The molecule has 2 aliphatic carbocycles. The van der Waals surface area contributed by atoms with Crippen LogP contribution in [0.1, 0.15) is 78.6 Å². The van der Waals surface area contributed by atoms with Crippen LogP contribution in [0.15, 0.2) is 0 Å². The molecule has 2 saturated carbocycles. The van der Waals surface area contributed by atoms with E-state index in [-0.39, 0.29) is 18.8 Å². The van der Waals surface area contributed by atoms with Crippen LogP contribution in [0.3, 0.4) is 0 Å². The molecule has 3 aliphatic rings. The molecule has 0 aromatic carbocycles. The Kier molecular flexibility index (Phi) is 8.23. The first kappa shape index (κ1) is 22.5. The second kappa shape index (κ2) is 10.2. The Hall–Kier alpha value is -0.160. The molecule has 28 heavy (non-hydrogen) atoms. The van der Waals surface area contributed by atoms with Crippen molar-refractivity contribution >= 4 is 0 Å². The van der Waals surface area contributed by atoms with Gasteiger partial charge in [0.2, 0.25) is 0 Å². The molecule has 0 aromatic heterocycles. The SMILES string of the molecule is CC1CC2CC(COCCCCCN3CCC(O)CC3CO)(C1)CC(C)[C@@H]2C. The van der Waals surface area contributed by atoms with Gasteiger partial charge >= 0.3 is 0 Å². The molecule has 3 fully saturated rings. The summed E-state index contributed by atoms with van der Waals surface area (Å²) in [5, 5.41) is 19.3. The zero-order valence-electron chi connectivity index (χ0n) is 18.6. The lowest BCUT2D eigenvalue weighted by Crippen LogP contribution is -2.46. The third-order valence-corrected chi connectivity index (χ3v) is 8.24. The molecule has 6 unspecified atom stereocenters. The topological polar surface area (TPSA) is 52.9 Å². The number of nitrogens with zero attached hydrogens (tertiary/aromatic N) is 1. The maximum absolute atomic E-state index is 9.76. The van der Waals surface area contributed by atoms with Gasteiger partial charge in [0.1, 0.15) is 0 Å². The zero-order chi connectivity index (χ0) is 20.1. The number of likely N-dealkylation sites (tertiary alicyclic amines) is 1. The summed E-state index contributed by atoms with van der Waals surface area (Å²) in [5.74, 6) is 3.50. The molecule has 0 aromatic rings. The third kappa shape index (κ3) is 5.71. The summed E-state index contributed by atoms with van der Waals surface area (Å²) in [4.78, 5) is 2.36. The van der Waals surface area contributed by atoms with E-state index in [0.29, 0.717) is 5.41 Å². The predicted molar refractivity (Wildman–Crippen MR) is 114 cm³/mol. The fourth-order valence-corrected chi connectivity index (χ4v) is 6.69. The monoisotopic (exact) mass is 395 g/mol. The quantitative estimate of drug-likeness (QED) is 0.577. The van der Waals surface area contributed by atoms with E-state index in [4.69, 9.17) is 4.74 Å².